The van der Waals surface area contributed by atoms with Crippen molar-refractivity contribution >= 4 is 11.8 Å². The number of hydrogen-bond donors (Lipinski definition) is 0. The van der Waals surface area contributed by atoms with Crippen LogP contribution in [0.4, 0.5) is 0 Å². The van der Waals surface area contributed by atoms with Gasteiger partial charge < -0.3 is 14.4 Å². The standard InChI is InChI=1S/C20H29NO2S/c1-21-11-10-20(15-5-6-16(22-2)17(13-15)23-3)9-8-19(14-18(20)21)7-4-12-24-19/h5-6,13,18H,4,7-12,14H2,1-3H3. The van der Waals surface area contributed by atoms with Crippen LogP contribution in [-0.4, -0.2) is 49.3 Å². The number of hydrogen-bond acceptors (Lipinski definition) is 4. The Morgan fingerprint density at radius 3 is 2.62 bits per heavy atom. The molecule has 0 aromatic heterocycles. The smallest absolute Gasteiger partial charge is 0.161 e. The van der Waals surface area contributed by atoms with Gasteiger partial charge in [-0.15, -0.1) is 0 Å². The van der Waals surface area contributed by atoms with E-state index in [0.717, 1.165) is 11.5 Å². The summed E-state index contributed by atoms with van der Waals surface area (Å²) in [6.45, 7) is 1.21. The summed E-state index contributed by atoms with van der Waals surface area (Å²) < 4.78 is 11.6. The molecule has 0 radical (unpaired) electrons. The highest BCUT2D eigenvalue weighted by Gasteiger charge is 2.55. The average Bonchev–Trinajstić information content (AvgIpc) is 3.21. The largest absolute Gasteiger partial charge is 0.493 e. The maximum Gasteiger partial charge on any atom is 0.161 e. The number of ether oxygens (including phenoxy) is 2. The normalized spacial score (nSPS) is 36.0. The molecular weight excluding hydrogens is 318 g/mol. The Labute approximate surface area is 150 Å². The van der Waals surface area contributed by atoms with Gasteiger partial charge in [0.15, 0.2) is 11.5 Å². The van der Waals surface area contributed by atoms with Gasteiger partial charge in [-0.05, 0) is 75.6 Å². The number of likely N-dealkylation sites (N-methyl/N-ethyl adjacent to an activating group) is 1. The van der Waals surface area contributed by atoms with E-state index in [0.29, 0.717) is 16.2 Å². The lowest BCUT2D eigenvalue weighted by atomic mass is 9.62. The molecular formula is C20H29NO2S. The van der Waals surface area contributed by atoms with E-state index in [1.54, 1.807) is 14.2 Å². The molecule has 24 heavy (non-hydrogen) atoms. The first-order valence-electron chi connectivity index (χ1n) is 9.19. The molecule has 2 heterocycles. The Kier molecular flexibility index (Phi) is 4.24. The second kappa shape index (κ2) is 6.14. The Morgan fingerprint density at radius 2 is 1.92 bits per heavy atom. The van der Waals surface area contributed by atoms with Gasteiger partial charge in [-0.3, -0.25) is 0 Å². The number of nitrogens with zero attached hydrogens (tertiary/aromatic N) is 1. The second-order valence-corrected chi connectivity index (χ2v) is 9.37. The minimum atomic E-state index is 0.294. The van der Waals surface area contributed by atoms with E-state index < -0.39 is 0 Å². The van der Waals surface area contributed by atoms with Crippen LogP contribution in [0.1, 0.15) is 44.1 Å². The van der Waals surface area contributed by atoms with Crippen molar-refractivity contribution in [1.82, 2.24) is 4.90 Å². The molecule has 3 unspecified atom stereocenters. The van der Waals surface area contributed by atoms with Crippen LogP contribution in [0.5, 0.6) is 11.5 Å². The van der Waals surface area contributed by atoms with Crippen LogP contribution in [0.25, 0.3) is 0 Å². The van der Waals surface area contributed by atoms with E-state index in [1.807, 2.05) is 0 Å². The SMILES string of the molecule is COc1ccc(C23CCN(C)C2CC2(CCCS2)CC3)cc1OC. The first kappa shape index (κ1) is 16.6. The molecule has 3 aliphatic rings. The van der Waals surface area contributed by atoms with E-state index in [4.69, 9.17) is 9.47 Å². The first-order valence-corrected chi connectivity index (χ1v) is 10.2. The minimum absolute atomic E-state index is 0.294. The van der Waals surface area contributed by atoms with Gasteiger partial charge in [-0.25, -0.2) is 0 Å². The number of fused-ring (bicyclic) bond motifs is 1. The summed E-state index contributed by atoms with van der Waals surface area (Å²) in [5.41, 5.74) is 1.75. The number of thioether (sulfide) groups is 1. The fourth-order valence-electron chi connectivity index (χ4n) is 5.41. The van der Waals surface area contributed by atoms with Crippen LogP contribution in [0, 0.1) is 0 Å². The molecule has 4 heteroatoms. The monoisotopic (exact) mass is 347 g/mol. The van der Waals surface area contributed by atoms with Crippen molar-refractivity contribution in [3.8, 4) is 11.5 Å². The summed E-state index contributed by atoms with van der Waals surface area (Å²) in [6, 6.07) is 7.28. The molecule has 0 bridgehead atoms. The fraction of sp³-hybridized carbons (Fsp3) is 0.700. The van der Waals surface area contributed by atoms with Crippen molar-refractivity contribution in [1.29, 1.82) is 0 Å². The van der Waals surface area contributed by atoms with Crippen molar-refractivity contribution in [3.05, 3.63) is 23.8 Å². The molecule has 1 aromatic rings. The predicted octanol–water partition coefficient (Wildman–Crippen LogP) is 4.10. The quantitative estimate of drug-likeness (QED) is 0.821. The van der Waals surface area contributed by atoms with Gasteiger partial charge in [-0.2, -0.15) is 11.8 Å². The molecule has 1 spiro atoms. The Hall–Kier alpha value is -0.870. The number of methoxy groups -OCH3 is 2. The lowest BCUT2D eigenvalue weighted by Crippen LogP contribution is -2.50. The molecule has 0 amide bonds. The molecule has 3 nitrogen and oxygen atoms in total. The lowest BCUT2D eigenvalue weighted by molar-refractivity contribution is 0.153. The summed E-state index contributed by atoms with van der Waals surface area (Å²) in [7, 11) is 5.78. The van der Waals surface area contributed by atoms with Crippen molar-refractivity contribution < 1.29 is 9.47 Å². The summed E-state index contributed by atoms with van der Waals surface area (Å²) >= 11 is 2.25. The van der Waals surface area contributed by atoms with Crippen molar-refractivity contribution in [2.45, 2.75) is 54.7 Å². The molecule has 1 saturated carbocycles. The average molecular weight is 348 g/mol. The molecule has 1 aromatic carbocycles. The van der Waals surface area contributed by atoms with E-state index in [9.17, 15) is 0 Å². The molecule has 4 rings (SSSR count). The Bertz CT molecular complexity index is 614. The van der Waals surface area contributed by atoms with Crippen molar-refractivity contribution in [2.24, 2.45) is 0 Å². The van der Waals surface area contributed by atoms with Gasteiger partial charge in [0.25, 0.3) is 0 Å². The van der Waals surface area contributed by atoms with E-state index in [-0.39, 0.29) is 0 Å². The molecule has 2 saturated heterocycles. The van der Waals surface area contributed by atoms with Gasteiger partial charge in [0, 0.05) is 16.2 Å². The third kappa shape index (κ3) is 2.45. The van der Waals surface area contributed by atoms with Gasteiger partial charge in [-0.1, -0.05) is 6.07 Å². The van der Waals surface area contributed by atoms with E-state index in [2.05, 4.69) is 41.9 Å². The van der Waals surface area contributed by atoms with Crippen molar-refractivity contribution in [3.63, 3.8) is 0 Å². The zero-order valence-electron chi connectivity index (χ0n) is 15.1. The van der Waals surface area contributed by atoms with Crippen LogP contribution >= 0.6 is 11.8 Å². The maximum atomic E-state index is 5.59. The molecule has 2 aliphatic heterocycles. The topological polar surface area (TPSA) is 21.7 Å². The third-order valence-corrected chi connectivity index (χ3v) is 8.50. The Morgan fingerprint density at radius 1 is 1.08 bits per heavy atom. The van der Waals surface area contributed by atoms with Crippen LogP contribution in [-0.2, 0) is 5.41 Å². The highest BCUT2D eigenvalue weighted by molar-refractivity contribution is 8.00. The van der Waals surface area contributed by atoms with E-state index in [1.165, 1.54) is 56.4 Å². The van der Waals surface area contributed by atoms with Gasteiger partial charge in [0.1, 0.15) is 0 Å². The van der Waals surface area contributed by atoms with Gasteiger partial charge >= 0.3 is 0 Å². The minimum Gasteiger partial charge on any atom is -0.493 e. The highest BCUT2D eigenvalue weighted by Crippen LogP contribution is 2.58. The maximum absolute atomic E-state index is 5.59. The van der Waals surface area contributed by atoms with E-state index >= 15 is 0 Å². The summed E-state index contributed by atoms with van der Waals surface area (Å²) in [4.78, 5) is 2.62. The first-order chi connectivity index (χ1) is 11.6. The number of likely N-dealkylation sites (tertiary alicyclic amines) is 1. The number of benzene rings is 1. The van der Waals surface area contributed by atoms with Crippen molar-refractivity contribution in [2.75, 3.05) is 33.6 Å². The van der Waals surface area contributed by atoms with Crippen LogP contribution < -0.4 is 9.47 Å². The second-order valence-electron chi connectivity index (χ2n) is 7.81. The summed E-state index contributed by atoms with van der Waals surface area (Å²) in [5.74, 6) is 3.06. The predicted molar refractivity (Wildman–Crippen MR) is 101 cm³/mol. The molecule has 3 atom stereocenters. The van der Waals surface area contributed by atoms with Gasteiger partial charge in [0.2, 0.25) is 0 Å². The zero-order chi connectivity index (χ0) is 16.8. The third-order valence-electron chi connectivity index (χ3n) is 6.82. The summed E-state index contributed by atoms with van der Waals surface area (Å²) in [6.07, 6.45) is 8.13. The molecule has 0 N–H and O–H groups in total. The van der Waals surface area contributed by atoms with Crippen LogP contribution in [0.15, 0.2) is 18.2 Å². The summed E-state index contributed by atoms with van der Waals surface area (Å²) in [5, 5.41) is 0. The lowest BCUT2D eigenvalue weighted by Gasteiger charge is -2.49. The highest BCUT2D eigenvalue weighted by atomic mass is 32.2. The zero-order valence-corrected chi connectivity index (χ0v) is 16.0. The molecule has 3 fully saturated rings. The van der Waals surface area contributed by atoms with Crippen LogP contribution in [0.2, 0.25) is 0 Å². The fourth-order valence-corrected chi connectivity index (χ4v) is 6.94. The van der Waals surface area contributed by atoms with Gasteiger partial charge in [0.05, 0.1) is 14.2 Å². The van der Waals surface area contributed by atoms with Crippen LogP contribution in [0.3, 0.4) is 0 Å². The molecule has 132 valence electrons. The molecule has 1 aliphatic carbocycles. The number of rotatable bonds is 3. The Balaban J connectivity index is 1.70.